The van der Waals surface area contributed by atoms with Gasteiger partial charge in [0.25, 0.3) is 0 Å². The van der Waals surface area contributed by atoms with Crippen molar-refractivity contribution in [3.63, 3.8) is 0 Å². The molecule has 0 radical (unpaired) electrons. The molecule has 138 valence electrons. The Labute approximate surface area is 140 Å². The van der Waals surface area contributed by atoms with E-state index in [0.29, 0.717) is 6.42 Å². The minimum atomic E-state index is -1.51. The van der Waals surface area contributed by atoms with Crippen LogP contribution < -0.4 is 0 Å². The van der Waals surface area contributed by atoms with Gasteiger partial charge in [-0.2, -0.15) is 0 Å². The van der Waals surface area contributed by atoms with Crippen molar-refractivity contribution >= 4 is 0 Å². The molecule has 1 saturated carbocycles. The molecule has 1 aliphatic carbocycles. The van der Waals surface area contributed by atoms with Crippen molar-refractivity contribution in [1.29, 1.82) is 0 Å². The fourth-order valence-corrected chi connectivity index (χ4v) is 4.00. The summed E-state index contributed by atoms with van der Waals surface area (Å²) in [5.74, 6) is -0.237. The predicted octanol–water partition coefficient (Wildman–Crippen LogP) is -1.16. The summed E-state index contributed by atoms with van der Waals surface area (Å²) in [5.41, 5.74) is 0.0327. The minimum absolute atomic E-state index is 0.101. The third-order valence-electron chi connectivity index (χ3n) is 5.50. The molecule has 2 aliphatic heterocycles. The Morgan fingerprint density at radius 1 is 1.21 bits per heavy atom. The highest BCUT2D eigenvalue weighted by Crippen LogP contribution is 2.49. The summed E-state index contributed by atoms with van der Waals surface area (Å²) in [6.45, 7) is 3.13. The van der Waals surface area contributed by atoms with Crippen LogP contribution in [0.4, 0.5) is 0 Å². The zero-order valence-corrected chi connectivity index (χ0v) is 13.8. The molecule has 0 amide bonds. The molecule has 3 rings (SSSR count). The van der Waals surface area contributed by atoms with E-state index in [2.05, 4.69) is 0 Å². The Morgan fingerprint density at radius 3 is 2.58 bits per heavy atom. The predicted molar refractivity (Wildman–Crippen MR) is 80.3 cm³/mol. The van der Waals surface area contributed by atoms with Crippen LogP contribution in [0.5, 0.6) is 0 Å². The van der Waals surface area contributed by atoms with Crippen molar-refractivity contribution in [2.45, 2.75) is 69.3 Å². The second-order valence-electron chi connectivity index (χ2n) is 7.23. The molecule has 0 aromatic rings. The van der Waals surface area contributed by atoms with Gasteiger partial charge in [-0.05, 0) is 38.2 Å². The quantitative estimate of drug-likeness (QED) is 0.433. The van der Waals surface area contributed by atoms with Gasteiger partial charge in [0.1, 0.15) is 24.4 Å². The van der Waals surface area contributed by atoms with Gasteiger partial charge in [0.2, 0.25) is 6.29 Å². The Morgan fingerprint density at radius 2 is 1.92 bits per heavy atom. The number of fused-ring (bicyclic) bond motifs is 1. The van der Waals surface area contributed by atoms with Crippen LogP contribution in [-0.2, 0) is 14.2 Å². The van der Waals surface area contributed by atoms with Crippen LogP contribution in [0.2, 0.25) is 0 Å². The Hall–Kier alpha value is -0.740. The molecule has 2 fully saturated rings. The summed E-state index contributed by atoms with van der Waals surface area (Å²) >= 11 is 0. The lowest BCUT2D eigenvalue weighted by atomic mass is 9.82. The van der Waals surface area contributed by atoms with Crippen LogP contribution in [0, 0.1) is 11.8 Å². The van der Waals surface area contributed by atoms with Gasteiger partial charge in [0.05, 0.1) is 24.4 Å². The third kappa shape index (κ3) is 2.96. The number of aliphatic hydroxyl groups excluding tert-OH is 4. The number of aliphatic hydroxyl groups is 5. The van der Waals surface area contributed by atoms with E-state index in [-0.39, 0.29) is 11.8 Å². The lowest BCUT2D eigenvalue weighted by Crippen LogP contribution is -2.60. The average molecular weight is 346 g/mol. The van der Waals surface area contributed by atoms with Gasteiger partial charge in [-0.1, -0.05) is 0 Å². The van der Waals surface area contributed by atoms with Crippen molar-refractivity contribution in [3.05, 3.63) is 11.8 Å². The molecule has 8 nitrogen and oxygen atoms in total. The zero-order valence-electron chi connectivity index (χ0n) is 13.8. The molecule has 0 bridgehead atoms. The summed E-state index contributed by atoms with van der Waals surface area (Å²) in [5, 5.41) is 49.7. The summed E-state index contributed by atoms with van der Waals surface area (Å²) in [7, 11) is 0. The van der Waals surface area contributed by atoms with E-state index in [9.17, 15) is 25.5 Å². The van der Waals surface area contributed by atoms with Gasteiger partial charge in [0.15, 0.2) is 6.29 Å². The molecular formula is C16H26O8. The van der Waals surface area contributed by atoms with Crippen LogP contribution in [0.15, 0.2) is 11.8 Å². The number of ether oxygens (including phenoxy) is 3. The SMILES string of the molecule is CC1=CO[C@@H](O[C@H]2O[C@@H](CO)[C@H](O)[C@@H](O)[C@@H]2O)[C@H]2[C@@H]1CC[C@]2(C)O. The monoisotopic (exact) mass is 346 g/mol. The fourth-order valence-electron chi connectivity index (χ4n) is 4.00. The van der Waals surface area contributed by atoms with Crippen LogP contribution in [-0.4, -0.2) is 74.7 Å². The van der Waals surface area contributed by atoms with E-state index >= 15 is 0 Å². The Bertz CT molecular complexity index is 490. The summed E-state index contributed by atoms with van der Waals surface area (Å²) in [4.78, 5) is 0. The van der Waals surface area contributed by atoms with Crippen molar-refractivity contribution in [2.75, 3.05) is 6.61 Å². The van der Waals surface area contributed by atoms with Gasteiger partial charge >= 0.3 is 0 Å². The highest BCUT2D eigenvalue weighted by atomic mass is 16.8. The van der Waals surface area contributed by atoms with E-state index < -0.39 is 49.2 Å². The first kappa shape index (κ1) is 18.1. The molecule has 0 aromatic carbocycles. The summed E-state index contributed by atoms with van der Waals surface area (Å²) in [6.07, 6.45) is -4.66. The smallest absolute Gasteiger partial charge is 0.207 e. The highest BCUT2D eigenvalue weighted by Gasteiger charge is 2.54. The van der Waals surface area contributed by atoms with Crippen LogP contribution >= 0.6 is 0 Å². The van der Waals surface area contributed by atoms with Crippen molar-refractivity contribution in [1.82, 2.24) is 0 Å². The Balaban J connectivity index is 1.77. The standard InChI is InChI=1S/C16H26O8/c1-7-6-22-14(10-8(7)3-4-16(10,2)21)24-15-13(20)12(19)11(18)9(5-17)23-15/h6,8-15,17-21H,3-5H2,1-2H3/t8-,9+,10-,11+,12-,13+,14+,15-,16+/m1/s1. The lowest BCUT2D eigenvalue weighted by molar-refractivity contribution is -0.346. The highest BCUT2D eigenvalue weighted by molar-refractivity contribution is 5.13. The largest absolute Gasteiger partial charge is 0.472 e. The second kappa shape index (κ2) is 6.53. The molecule has 1 saturated heterocycles. The van der Waals surface area contributed by atoms with Gasteiger partial charge in [-0.15, -0.1) is 0 Å². The van der Waals surface area contributed by atoms with Crippen molar-refractivity contribution < 1.29 is 39.7 Å². The van der Waals surface area contributed by atoms with Crippen LogP contribution in [0.1, 0.15) is 26.7 Å². The molecular weight excluding hydrogens is 320 g/mol. The summed E-state index contributed by atoms with van der Waals surface area (Å²) in [6, 6.07) is 0. The van der Waals surface area contributed by atoms with E-state index in [1.54, 1.807) is 13.2 Å². The first-order valence-corrected chi connectivity index (χ1v) is 8.26. The topological polar surface area (TPSA) is 129 Å². The minimum Gasteiger partial charge on any atom is -0.472 e. The first-order valence-electron chi connectivity index (χ1n) is 8.26. The van der Waals surface area contributed by atoms with E-state index in [0.717, 1.165) is 12.0 Å². The number of rotatable bonds is 3. The van der Waals surface area contributed by atoms with Gasteiger partial charge in [-0.25, -0.2) is 0 Å². The maximum absolute atomic E-state index is 10.6. The van der Waals surface area contributed by atoms with Gasteiger partial charge in [0, 0.05) is 0 Å². The number of hydrogen-bond donors (Lipinski definition) is 5. The van der Waals surface area contributed by atoms with Crippen molar-refractivity contribution in [3.8, 4) is 0 Å². The van der Waals surface area contributed by atoms with E-state index in [1.807, 2.05) is 6.92 Å². The molecule has 5 N–H and O–H groups in total. The molecule has 0 spiro atoms. The Kier molecular flexibility index (Phi) is 4.91. The van der Waals surface area contributed by atoms with E-state index in [4.69, 9.17) is 14.2 Å². The molecule has 2 heterocycles. The molecule has 24 heavy (non-hydrogen) atoms. The van der Waals surface area contributed by atoms with Crippen molar-refractivity contribution in [2.24, 2.45) is 11.8 Å². The van der Waals surface area contributed by atoms with E-state index in [1.165, 1.54) is 0 Å². The normalized spacial score (nSPS) is 51.7. The molecule has 3 aliphatic rings. The molecule has 8 heteroatoms. The summed E-state index contributed by atoms with van der Waals surface area (Å²) < 4.78 is 16.7. The van der Waals surface area contributed by atoms with Gasteiger partial charge < -0.3 is 39.7 Å². The maximum Gasteiger partial charge on any atom is 0.207 e. The van der Waals surface area contributed by atoms with Crippen LogP contribution in [0.3, 0.4) is 0 Å². The molecule has 0 unspecified atom stereocenters. The lowest BCUT2D eigenvalue weighted by Gasteiger charge is -2.44. The maximum atomic E-state index is 10.6. The zero-order chi connectivity index (χ0) is 17.6. The molecule has 9 atom stereocenters. The average Bonchev–Trinajstić information content (AvgIpc) is 2.87. The fraction of sp³-hybridized carbons (Fsp3) is 0.875. The van der Waals surface area contributed by atoms with Gasteiger partial charge in [-0.3, -0.25) is 0 Å². The first-order chi connectivity index (χ1) is 11.3. The molecule has 0 aromatic heterocycles. The third-order valence-corrected chi connectivity index (χ3v) is 5.50. The number of hydrogen-bond acceptors (Lipinski definition) is 8. The number of allylic oxidation sites excluding steroid dienone is 1. The second-order valence-corrected chi connectivity index (χ2v) is 7.23. The van der Waals surface area contributed by atoms with Crippen LogP contribution in [0.25, 0.3) is 0 Å².